The second-order valence-electron chi connectivity index (χ2n) is 5.21. The van der Waals surface area contributed by atoms with E-state index in [1.165, 1.54) is 38.3 Å². The molecule has 0 saturated heterocycles. The number of nitrogens with one attached hydrogen (secondary N) is 1. The molecule has 2 aromatic carbocycles. The van der Waals surface area contributed by atoms with E-state index in [1.54, 1.807) is 18.2 Å². The Morgan fingerprint density at radius 2 is 1.80 bits per heavy atom. The third-order valence-corrected chi connectivity index (χ3v) is 3.40. The maximum atomic E-state index is 12.2. The summed E-state index contributed by atoms with van der Waals surface area (Å²) in [6.45, 7) is -1.46. The molecule has 7 heteroatoms. The molecule has 0 aliphatic carbocycles. The molecule has 0 unspecified atom stereocenters. The van der Waals surface area contributed by atoms with E-state index in [9.17, 15) is 18.4 Å². The van der Waals surface area contributed by atoms with Crippen molar-refractivity contribution in [2.45, 2.75) is 20.0 Å². The van der Waals surface area contributed by atoms with Gasteiger partial charge >= 0.3 is 6.61 Å². The predicted octanol–water partition coefficient (Wildman–Crippen LogP) is 3.68. The number of methoxy groups -OCH3 is 1. The van der Waals surface area contributed by atoms with Crippen LogP contribution in [0.5, 0.6) is 11.5 Å². The van der Waals surface area contributed by atoms with Crippen LogP contribution in [-0.4, -0.2) is 25.4 Å². The van der Waals surface area contributed by atoms with Gasteiger partial charge in [0.15, 0.2) is 5.78 Å². The van der Waals surface area contributed by atoms with Crippen molar-refractivity contribution in [2.75, 3.05) is 12.4 Å². The van der Waals surface area contributed by atoms with Crippen LogP contribution in [0.1, 0.15) is 22.8 Å². The summed E-state index contributed by atoms with van der Waals surface area (Å²) in [7, 11) is 1.48. The van der Waals surface area contributed by atoms with Gasteiger partial charge in [-0.1, -0.05) is 0 Å². The molecule has 1 amide bonds. The Morgan fingerprint density at radius 3 is 2.36 bits per heavy atom. The zero-order chi connectivity index (χ0) is 18.4. The zero-order valence-corrected chi connectivity index (χ0v) is 13.7. The van der Waals surface area contributed by atoms with E-state index in [0.29, 0.717) is 22.6 Å². The lowest BCUT2D eigenvalue weighted by Crippen LogP contribution is -2.15. The fourth-order valence-corrected chi connectivity index (χ4v) is 2.23. The number of Topliss-reactive ketones (excluding diaryl/α,β-unsaturated/α-hetero) is 1. The summed E-state index contributed by atoms with van der Waals surface area (Å²) in [5.74, 6) is 0.0603. The molecule has 0 aromatic heterocycles. The minimum Gasteiger partial charge on any atom is -0.496 e. The number of ether oxygens (including phenoxy) is 2. The molecule has 25 heavy (non-hydrogen) atoms. The van der Waals surface area contributed by atoms with Gasteiger partial charge in [-0.2, -0.15) is 8.78 Å². The number of carbonyl (C=O) groups is 2. The van der Waals surface area contributed by atoms with Crippen LogP contribution in [0.2, 0.25) is 0 Å². The zero-order valence-electron chi connectivity index (χ0n) is 13.7. The number of anilines is 1. The monoisotopic (exact) mass is 349 g/mol. The lowest BCUT2D eigenvalue weighted by molar-refractivity contribution is -0.115. The van der Waals surface area contributed by atoms with Crippen molar-refractivity contribution in [3.05, 3.63) is 53.6 Å². The molecule has 1 N–H and O–H groups in total. The largest absolute Gasteiger partial charge is 0.496 e. The first-order chi connectivity index (χ1) is 11.9. The molecule has 0 atom stereocenters. The van der Waals surface area contributed by atoms with Crippen molar-refractivity contribution >= 4 is 17.4 Å². The smallest absolute Gasteiger partial charge is 0.387 e. The SMILES string of the molecule is COc1ccc(C(C)=O)cc1CC(=O)Nc1ccc(OC(F)F)cc1. The molecule has 0 aliphatic rings. The highest BCUT2D eigenvalue weighted by Gasteiger charge is 2.12. The molecule has 2 aromatic rings. The van der Waals surface area contributed by atoms with Gasteiger partial charge in [-0.25, -0.2) is 0 Å². The van der Waals surface area contributed by atoms with Crippen LogP contribution in [0, 0.1) is 0 Å². The van der Waals surface area contributed by atoms with Gasteiger partial charge < -0.3 is 14.8 Å². The third-order valence-electron chi connectivity index (χ3n) is 3.40. The number of benzene rings is 2. The van der Waals surface area contributed by atoms with Gasteiger partial charge in [0.2, 0.25) is 5.91 Å². The van der Waals surface area contributed by atoms with Crippen molar-refractivity contribution < 1.29 is 27.8 Å². The molecule has 0 bridgehead atoms. The van der Waals surface area contributed by atoms with Gasteiger partial charge in [-0.05, 0) is 49.4 Å². The van der Waals surface area contributed by atoms with E-state index >= 15 is 0 Å². The maximum Gasteiger partial charge on any atom is 0.387 e. The second-order valence-corrected chi connectivity index (χ2v) is 5.21. The Morgan fingerprint density at radius 1 is 1.12 bits per heavy atom. The molecular formula is C18H17F2NO4. The molecule has 0 aliphatic heterocycles. The Kier molecular flexibility index (Phi) is 6.05. The number of hydrogen-bond donors (Lipinski definition) is 1. The highest BCUT2D eigenvalue weighted by molar-refractivity contribution is 5.96. The highest BCUT2D eigenvalue weighted by atomic mass is 19.3. The number of amides is 1. The lowest BCUT2D eigenvalue weighted by atomic mass is 10.0. The van der Waals surface area contributed by atoms with E-state index in [1.807, 2.05) is 0 Å². The number of halogens is 2. The minimum atomic E-state index is -2.90. The van der Waals surface area contributed by atoms with E-state index in [4.69, 9.17) is 4.74 Å². The van der Waals surface area contributed by atoms with E-state index in [0.717, 1.165) is 0 Å². The van der Waals surface area contributed by atoms with Crippen LogP contribution in [0.25, 0.3) is 0 Å². The van der Waals surface area contributed by atoms with E-state index in [-0.39, 0.29) is 23.9 Å². The Labute approximate surface area is 143 Å². The summed E-state index contributed by atoms with van der Waals surface area (Å²) in [4.78, 5) is 23.7. The topological polar surface area (TPSA) is 64.6 Å². The number of hydrogen-bond acceptors (Lipinski definition) is 4. The second kappa shape index (κ2) is 8.23. The van der Waals surface area contributed by atoms with E-state index < -0.39 is 6.61 Å². The van der Waals surface area contributed by atoms with Crippen molar-refractivity contribution in [2.24, 2.45) is 0 Å². The van der Waals surface area contributed by atoms with Crippen LogP contribution in [0.15, 0.2) is 42.5 Å². The van der Waals surface area contributed by atoms with Crippen molar-refractivity contribution in [1.29, 1.82) is 0 Å². The highest BCUT2D eigenvalue weighted by Crippen LogP contribution is 2.22. The summed E-state index contributed by atoms with van der Waals surface area (Å²) >= 11 is 0. The molecule has 0 radical (unpaired) electrons. The fraction of sp³-hybridized carbons (Fsp3) is 0.222. The fourth-order valence-electron chi connectivity index (χ4n) is 2.23. The van der Waals surface area contributed by atoms with Gasteiger partial charge in [0.25, 0.3) is 0 Å². The number of ketones is 1. The summed E-state index contributed by atoms with van der Waals surface area (Å²) in [5.41, 5.74) is 1.50. The van der Waals surface area contributed by atoms with Crippen LogP contribution >= 0.6 is 0 Å². The molecule has 0 saturated carbocycles. The summed E-state index contributed by atoms with van der Waals surface area (Å²) in [5, 5.41) is 2.65. The quantitative estimate of drug-likeness (QED) is 0.775. The summed E-state index contributed by atoms with van der Waals surface area (Å²) < 4.78 is 33.7. The predicted molar refractivity (Wildman–Crippen MR) is 88.4 cm³/mol. The van der Waals surface area contributed by atoms with Crippen LogP contribution < -0.4 is 14.8 Å². The molecule has 2 rings (SSSR count). The van der Waals surface area contributed by atoms with Gasteiger partial charge in [0.1, 0.15) is 11.5 Å². The van der Waals surface area contributed by atoms with Crippen LogP contribution in [-0.2, 0) is 11.2 Å². The van der Waals surface area contributed by atoms with Gasteiger partial charge in [0, 0.05) is 16.8 Å². The van der Waals surface area contributed by atoms with Crippen LogP contribution in [0.4, 0.5) is 14.5 Å². The van der Waals surface area contributed by atoms with Gasteiger partial charge in [0.05, 0.1) is 13.5 Å². The molecule has 0 fully saturated rings. The van der Waals surface area contributed by atoms with Gasteiger partial charge in [-0.15, -0.1) is 0 Å². The summed E-state index contributed by atoms with van der Waals surface area (Å²) in [6.07, 6.45) is -0.000418. The van der Waals surface area contributed by atoms with Crippen molar-refractivity contribution in [3.8, 4) is 11.5 Å². The number of rotatable bonds is 7. The van der Waals surface area contributed by atoms with E-state index in [2.05, 4.69) is 10.1 Å². The maximum absolute atomic E-state index is 12.2. The molecule has 132 valence electrons. The molecule has 5 nitrogen and oxygen atoms in total. The first kappa shape index (κ1) is 18.4. The lowest BCUT2D eigenvalue weighted by Gasteiger charge is -2.11. The summed E-state index contributed by atoms with van der Waals surface area (Å²) in [6, 6.07) is 10.5. The Balaban J connectivity index is 2.07. The Bertz CT molecular complexity index is 760. The molecule has 0 spiro atoms. The Hall–Kier alpha value is -2.96. The molecular weight excluding hydrogens is 332 g/mol. The third kappa shape index (κ3) is 5.27. The average molecular weight is 349 g/mol. The number of alkyl halides is 2. The van der Waals surface area contributed by atoms with Crippen LogP contribution in [0.3, 0.4) is 0 Å². The normalized spacial score (nSPS) is 10.4. The van der Waals surface area contributed by atoms with Crippen molar-refractivity contribution in [1.82, 2.24) is 0 Å². The van der Waals surface area contributed by atoms with Gasteiger partial charge in [-0.3, -0.25) is 9.59 Å². The minimum absolute atomic E-state index is 0.000418. The first-order valence-electron chi connectivity index (χ1n) is 7.41. The average Bonchev–Trinajstić information content (AvgIpc) is 2.56. The molecule has 0 heterocycles. The standard InChI is InChI=1S/C18H17F2NO4/c1-11(22)12-3-8-16(24-2)13(9-12)10-17(23)21-14-4-6-15(7-5-14)25-18(19)20/h3-9,18H,10H2,1-2H3,(H,21,23). The first-order valence-corrected chi connectivity index (χ1v) is 7.41. The number of carbonyl (C=O) groups excluding carboxylic acids is 2. The van der Waals surface area contributed by atoms with Crippen molar-refractivity contribution in [3.63, 3.8) is 0 Å².